The molecule has 1 aromatic heterocycles. The van der Waals surface area contributed by atoms with Crippen LogP contribution >= 0.6 is 0 Å². The van der Waals surface area contributed by atoms with Crippen molar-refractivity contribution in [3.05, 3.63) is 34.2 Å². The molecule has 1 fully saturated rings. The molecule has 5 nitrogen and oxygen atoms in total. The second-order valence-corrected chi connectivity index (χ2v) is 4.68. The zero-order valence-electron chi connectivity index (χ0n) is 10.4. The Hall–Kier alpha value is -1.62. The van der Waals surface area contributed by atoms with Crippen LogP contribution in [0.1, 0.15) is 29.6 Å². The Balaban J connectivity index is 1.78. The Labute approximate surface area is 106 Å². The fourth-order valence-corrected chi connectivity index (χ4v) is 2.25. The van der Waals surface area contributed by atoms with E-state index in [-0.39, 0.29) is 16.9 Å². The molecule has 5 heteroatoms. The summed E-state index contributed by atoms with van der Waals surface area (Å²) in [5.74, 6) is 0.341. The molecule has 1 aromatic rings. The van der Waals surface area contributed by atoms with Gasteiger partial charge in [-0.25, -0.2) is 0 Å². The van der Waals surface area contributed by atoms with Crippen LogP contribution in [-0.4, -0.2) is 30.5 Å². The van der Waals surface area contributed by atoms with Crippen molar-refractivity contribution in [1.29, 1.82) is 0 Å². The zero-order valence-corrected chi connectivity index (χ0v) is 10.4. The average Bonchev–Trinajstić information content (AvgIpc) is 2.40. The Morgan fingerprint density at radius 1 is 1.50 bits per heavy atom. The van der Waals surface area contributed by atoms with Gasteiger partial charge < -0.3 is 15.6 Å². The molecule has 1 amide bonds. The lowest BCUT2D eigenvalue weighted by Crippen LogP contribution is -2.34. The average molecular weight is 249 g/mol. The SMILES string of the molecule is O=C(NCCC1CCCNC1)c1c[nH]ccc1=O. The maximum Gasteiger partial charge on any atom is 0.256 e. The van der Waals surface area contributed by atoms with Crippen molar-refractivity contribution in [2.45, 2.75) is 19.3 Å². The normalized spacial score (nSPS) is 19.4. The number of nitrogens with one attached hydrogen (secondary N) is 3. The Kier molecular flexibility index (Phi) is 4.52. The quantitative estimate of drug-likeness (QED) is 0.727. The minimum absolute atomic E-state index is 0.180. The lowest BCUT2D eigenvalue weighted by molar-refractivity contribution is 0.0949. The smallest absolute Gasteiger partial charge is 0.256 e. The predicted molar refractivity (Wildman–Crippen MR) is 69.6 cm³/mol. The molecule has 1 saturated heterocycles. The van der Waals surface area contributed by atoms with E-state index in [4.69, 9.17) is 0 Å². The van der Waals surface area contributed by atoms with Crippen molar-refractivity contribution < 1.29 is 4.79 Å². The van der Waals surface area contributed by atoms with E-state index < -0.39 is 0 Å². The van der Waals surface area contributed by atoms with Crippen LogP contribution in [0, 0.1) is 5.92 Å². The van der Waals surface area contributed by atoms with Crippen LogP contribution in [0.5, 0.6) is 0 Å². The molecule has 2 rings (SSSR count). The minimum atomic E-state index is -0.291. The third-order valence-electron chi connectivity index (χ3n) is 3.31. The maximum atomic E-state index is 11.8. The standard InChI is InChI=1S/C13H19N3O2/c17-12-4-6-15-9-11(12)13(18)16-7-3-10-2-1-5-14-8-10/h4,6,9-10,14H,1-3,5,7-8H2,(H,15,17)(H,16,18). The Morgan fingerprint density at radius 2 is 2.39 bits per heavy atom. The van der Waals surface area contributed by atoms with E-state index in [1.807, 2.05) is 0 Å². The molecule has 0 saturated carbocycles. The van der Waals surface area contributed by atoms with E-state index in [0.29, 0.717) is 12.5 Å². The van der Waals surface area contributed by atoms with E-state index in [1.54, 1.807) is 0 Å². The van der Waals surface area contributed by atoms with Gasteiger partial charge >= 0.3 is 0 Å². The third kappa shape index (κ3) is 3.43. The van der Waals surface area contributed by atoms with Crippen molar-refractivity contribution in [3.63, 3.8) is 0 Å². The number of aromatic nitrogens is 1. The lowest BCUT2D eigenvalue weighted by atomic mass is 9.96. The fourth-order valence-electron chi connectivity index (χ4n) is 2.25. The Morgan fingerprint density at radius 3 is 3.11 bits per heavy atom. The number of aromatic amines is 1. The summed E-state index contributed by atoms with van der Waals surface area (Å²) in [6, 6.07) is 1.36. The first-order chi connectivity index (χ1) is 8.77. The highest BCUT2D eigenvalue weighted by Crippen LogP contribution is 2.12. The highest BCUT2D eigenvalue weighted by Gasteiger charge is 2.14. The van der Waals surface area contributed by atoms with E-state index in [0.717, 1.165) is 19.5 Å². The molecule has 1 aliphatic heterocycles. The van der Waals surface area contributed by atoms with Gasteiger partial charge in [-0.3, -0.25) is 9.59 Å². The summed E-state index contributed by atoms with van der Waals surface area (Å²) in [5, 5.41) is 6.15. The molecule has 0 aromatic carbocycles. The molecule has 1 unspecified atom stereocenters. The highest BCUT2D eigenvalue weighted by atomic mass is 16.2. The minimum Gasteiger partial charge on any atom is -0.367 e. The van der Waals surface area contributed by atoms with Crippen LogP contribution in [0.2, 0.25) is 0 Å². The molecular formula is C13H19N3O2. The van der Waals surface area contributed by atoms with E-state index >= 15 is 0 Å². The summed E-state index contributed by atoms with van der Waals surface area (Å²) in [7, 11) is 0. The van der Waals surface area contributed by atoms with Crippen LogP contribution in [0.25, 0.3) is 0 Å². The van der Waals surface area contributed by atoms with E-state index in [1.165, 1.54) is 31.3 Å². The van der Waals surface area contributed by atoms with Gasteiger partial charge in [0.05, 0.1) is 0 Å². The second kappa shape index (κ2) is 6.35. The van der Waals surface area contributed by atoms with E-state index in [9.17, 15) is 9.59 Å². The van der Waals surface area contributed by atoms with Crippen molar-refractivity contribution >= 4 is 5.91 Å². The van der Waals surface area contributed by atoms with Crippen LogP contribution in [-0.2, 0) is 0 Å². The fraction of sp³-hybridized carbons (Fsp3) is 0.538. The first-order valence-corrected chi connectivity index (χ1v) is 6.43. The van der Waals surface area contributed by atoms with Gasteiger partial charge in [-0.1, -0.05) is 0 Å². The van der Waals surface area contributed by atoms with Crippen molar-refractivity contribution in [2.75, 3.05) is 19.6 Å². The molecule has 1 aliphatic rings. The van der Waals surface area contributed by atoms with Gasteiger partial charge in [0.2, 0.25) is 0 Å². The number of piperidine rings is 1. The monoisotopic (exact) mass is 249 g/mol. The number of H-pyrrole nitrogens is 1. The van der Waals surface area contributed by atoms with Gasteiger partial charge in [-0.15, -0.1) is 0 Å². The molecule has 0 aliphatic carbocycles. The maximum absolute atomic E-state index is 11.8. The van der Waals surface area contributed by atoms with Gasteiger partial charge in [0.15, 0.2) is 5.43 Å². The van der Waals surface area contributed by atoms with Crippen molar-refractivity contribution in [2.24, 2.45) is 5.92 Å². The van der Waals surface area contributed by atoms with Crippen LogP contribution in [0.15, 0.2) is 23.3 Å². The number of hydrogen-bond donors (Lipinski definition) is 3. The molecule has 3 N–H and O–H groups in total. The number of hydrogen-bond acceptors (Lipinski definition) is 3. The molecule has 0 spiro atoms. The van der Waals surface area contributed by atoms with Crippen LogP contribution in [0.3, 0.4) is 0 Å². The van der Waals surface area contributed by atoms with Gasteiger partial charge in [-0.2, -0.15) is 0 Å². The topological polar surface area (TPSA) is 74.0 Å². The van der Waals surface area contributed by atoms with Gasteiger partial charge in [-0.05, 0) is 38.3 Å². The molecule has 2 heterocycles. The number of carbonyl (C=O) groups is 1. The van der Waals surface area contributed by atoms with Crippen LogP contribution in [0.4, 0.5) is 0 Å². The molecular weight excluding hydrogens is 230 g/mol. The second-order valence-electron chi connectivity index (χ2n) is 4.68. The van der Waals surface area contributed by atoms with Crippen molar-refractivity contribution in [1.82, 2.24) is 15.6 Å². The largest absolute Gasteiger partial charge is 0.367 e. The number of rotatable bonds is 4. The molecule has 0 radical (unpaired) electrons. The summed E-state index contributed by atoms with van der Waals surface area (Å²) < 4.78 is 0. The zero-order chi connectivity index (χ0) is 12.8. The van der Waals surface area contributed by atoms with Gasteiger partial charge in [0.1, 0.15) is 5.56 Å². The summed E-state index contributed by atoms with van der Waals surface area (Å²) in [5.41, 5.74) is -0.0650. The molecule has 1 atom stereocenters. The van der Waals surface area contributed by atoms with Gasteiger partial charge in [0, 0.05) is 25.0 Å². The van der Waals surface area contributed by atoms with E-state index in [2.05, 4.69) is 15.6 Å². The summed E-state index contributed by atoms with van der Waals surface area (Å²) in [6.45, 7) is 2.75. The molecule has 0 bridgehead atoms. The van der Waals surface area contributed by atoms with Crippen molar-refractivity contribution in [3.8, 4) is 0 Å². The first kappa shape index (κ1) is 12.8. The number of carbonyl (C=O) groups excluding carboxylic acids is 1. The lowest BCUT2D eigenvalue weighted by Gasteiger charge is -2.22. The highest BCUT2D eigenvalue weighted by molar-refractivity contribution is 5.93. The number of pyridine rings is 1. The van der Waals surface area contributed by atoms with Gasteiger partial charge in [0.25, 0.3) is 5.91 Å². The summed E-state index contributed by atoms with van der Waals surface area (Å²) in [4.78, 5) is 25.9. The summed E-state index contributed by atoms with van der Waals surface area (Å²) in [6.07, 6.45) is 6.35. The van der Waals surface area contributed by atoms with Crippen LogP contribution < -0.4 is 16.1 Å². The molecule has 98 valence electrons. The molecule has 18 heavy (non-hydrogen) atoms. The summed E-state index contributed by atoms with van der Waals surface area (Å²) >= 11 is 0. The first-order valence-electron chi connectivity index (χ1n) is 6.43. The number of amides is 1. The third-order valence-corrected chi connectivity index (χ3v) is 3.31. The Bertz CT molecular complexity index is 450. The predicted octanol–water partition coefficient (Wildman–Crippen LogP) is 0.494.